The molecule has 2 saturated heterocycles. The Kier molecular flexibility index (Phi) is 7.24. The first-order valence-corrected chi connectivity index (χ1v) is 9.42. The summed E-state index contributed by atoms with van der Waals surface area (Å²) in [4.78, 5) is 9.78. The maximum Gasteiger partial charge on any atom is 0.103 e. The maximum atomic E-state index is 6.78. The lowest BCUT2D eigenvalue weighted by Gasteiger charge is -2.45. The third-order valence-electron chi connectivity index (χ3n) is 5.39. The molecule has 0 aromatic carbocycles. The molecule has 0 saturated carbocycles. The molecular weight excluding hydrogens is 319 g/mol. The molecule has 2 aliphatic rings. The highest BCUT2D eigenvalue weighted by atomic mass is 35.5. The quantitative estimate of drug-likeness (QED) is 0.488. The smallest absolute Gasteiger partial charge is 0.103 e. The summed E-state index contributed by atoms with van der Waals surface area (Å²) in [6, 6.07) is 0.915. The zero-order chi connectivity index (χ0) is 16.3. The molecule has 2 heterocycles. The average molecular weight is 351 g/mol. The molecule has 0 aliphatic carbocycles. The lowest BCUT2D eigenvalue weighted by molar-refractivity contribution is 0.0503. The fraction of sp³-hybridized carbons (Fsp3) is 1.00. The third kappa shape index (κ3) is 4.71. The van der Waals surface area contributed by atoms with E-state index < -0.39 is 0 Å². The van der Waals surface area contributed by atoms with E-state index in [0.717, 1.165) is 45.8 Å². The van der Waals surface area contributed by atoms with E-state index in [1.54, 1.807) is 0 Å². The first kappa shape index (κ1) is 18.8. The minimum Gasteiger partial charge on any atom is -0.305 e. The highest BCUT2D eigenvalue weighted by Gasteiger charge is 2.34. The van der Waals surface area contributed by atoms with Crippen LogP contribution in [0.5, 0.6) is 0 Å². The number of rotatable bonds is 0. The van der Waals surface area contributed by atoms with Gasteiger partial charge in [-0.15, -0.1) is 23.2 Å². The minimum atomic E-state index is -0.116. The van der Waals surface area contributed by atoms with Crippen molar-refractivity contribution in [2.45, 2.75) is 43.2 Å². The summed E-state index contributed by atoms with van der Waals surface area (Å²) in [6.07, 6.45) is 1.24. The topological polar surface area (TPSA) is 13.0 Å². The van der Waals surface area contributed by atoms with E-state index in [1.165, 1.54) is 6.42 Å². The average Bonchev–Trinajstić information content (AvgIpc) is 2.48. The zero-order valence-corrected chi connectivity index (χ0v) is 16.0. The Bertz CT molecular complexity index is 344. The van der Waals surface area contributed by atoms with E-state index in [4.69, 9.17) is 23.2 Å². The number of halogens is 2. The maximum absolute atomic E-state index is 6.78. The van der Waals surface area contributed by atoms with Crippen molar-refractivity contribution in [3.63, 3.8) is 0 Å². The highest BCUT2D eigenvalue weighted by Crippen LogP contribution is 2.24. The number of likely N-dealkylation sites (N-methyl/N-ethyl adjacent to an activating group) is 2. The van der Waals surface area contributed by atoms with Crippen molar-refractivity contribution in [1.29, 1.82) is 0 Å². The van der Waals surface area contributed by atoms with Crippen molar-refractivity contribution in [1.82, 2.24) is 19.6 Å². The van der Waals surface area contributed by atoms with Crippen LogP contribution in [0.4, 0.5) is 0 Å². The minimum absolute atomic E-state index is 0.0406. The second kappa shape index (κ2) is 8.50. The molecule has 4 nitrogen and oxygen atoms in total. The number of fused-ring (bicyclic) bond motifs is 3. The molecule has 0 amide bonds. The fourth-order valence-corrected chi connectivity index (χ4v) is 4.31. The van der Waals surface area contributed by atoms with Crippen molar-refractivity contribution < 1.29 is 0 Å². The van der Waals surface area contributed by atoms with Gasteiger partial charge in [-0.2, -0.15) is 0 Å². The molecule has 6 atom stereocenters. The third-order valence-corrected chi connectivity index (χ3v) is 6.45. The SMILES string of the molecule is CC1C(C)N2CCN(C)CCCN1CCN(C)CC(Cl)C2Cl. The standard InChI is InChI=1S/C16H32Cl2N4/c1-13-14(2)22-11-9-19(3)6-5-7-21(13)10-8-20(4)12-15(17)16(22)18/h13-16H,5-12H2,1-4H3. The van der Waals surface area contributed by atoms with Crippen LogP contribution < -0.4 is 0 Å². The van der Waals surface area contributed by atoms with Gasteiger partial charge in [0.25, 0.3) is 0 Å². The summed E-state index contributed by atoms with van der Waals surface area (Å²) in [7, 11) is 4.36. The van der Waals surface area contributed by atoms with Crippen LogP contribution >= 0.6 is 23.2 Å². The first-order chi connectivity index (χ1) is 10.4. The molecule has 0 spiro atoms. The van der Waals surface area contributed by atoms with Gasteiger partial charge in [0.1, 0.15) is 5.50 Å². The van der Waals surface area contributed by atoms with E-state index >= 15 is 0 Å². The first-order valence-electron chi connectivity index (χ1n) is 8.55. The number of hydrogen-bond donors (Lipinski definition) is 0. The highest BCUT2D eigenvalue weighted by molar-refractivity contribution is 6.29. The summed E-state index contributed by atoms with van der Waals surface area (Å²) in [5.74, 6) is 0. The van der Waals surface area contributed by atoms with Crippen LogP contribution in [0.25, 0.3) is 0 Å². The van der Waals surface area contributed by atoms with E-state index in [2.05, 4.69) is 47.5 Å². The Morgan fingerprint density at radius 2 is 1.45 bits per heavy atom. The Labute approximate surface area is 146 Å². The Morgan fingerprint density at radius 3 is 2.18 bits per heavy atom. The van der Waals surface area contributed by atoms with Gasteiger partial charge in [-0.25, -0.2) is 0 Å². The van der Waals surface area contributed by atoms with Gasteiger partial charge in [-0.05, 0) is 47.5 Å². The lowest BCUT2D eigenvalue weighted by Crippen LogP contribution is -2.58. The van der Waals surface area contributed by atoms with Crippen LogP contribution in [-0.2, 0) is 0 Å². The molecule has 6 unspecified atom stereocenters. The number of alkyl halides is 2. The van der Waals surface area contributed by atoms with Gasteiger partial charge in [0.05, 0.1) is 5.38 Å². The molecule has 0 aromatic heterocycles. The van der Waals surface area contributed by atoms with Gasteiger partial charge in [0.2, 0.25) is 0 Å². The Hall–Kier alpha value is 0.420. The van der Waals surface area contributed by atoms with Crippen LogP contribution in [0.3, 0.4) is 0 Å². The van der Waals surface area contributed by atoms with Crippen LogP contribution in [0.1, 0.15) is 20.3 Å². The van der Waals surface area contributed by atoms with Crippen molar-refractivity contribution in [3.8, 4) is 0 Å². The van der Waals surface area contributed by atoms with Gasteiger partial charge < -0.3 is 9.80 Å². The number of nitrogens with zero attached hydrogens (tertiary/aromatic N) is 4. The molecule has 0 N–H and O–H groups in total. The molecule has 2 fully saturated rings. The van der Waals surface area contributed by atoms with Gasteiger partial charge in [0, 0.05) is 44.8 Å². The molecule has 2 bridgehead atoms. The van der Waals surface area contributed by atoms with Crippen LogP contribution in [0.2, 0.25) is 0 Å². The predicted molar refractivity (Wildman–Crippen MR) is 96.1 cm³/mol. The molecule has 0 radical (unpaired) electrons. The molecule has 130 valence electrons. The molecular formula is C16H32Cl2N4. The summed E-state index contributed by atoms with van der Waals surface area (Å²) < 4.78 is 0. The molecule has 6 heteroatoms. The molecule has 0 aromatic rings. The van der Waals surface area contributed by atoms with E-state index in [1.807, 2.05) is 0 Å². The summed E-state index contributed by atoms with van der Waals surface area (Å²) in [5.41, 5.74) is -0.116. The van der Waals surface area contributed by atoms with Crippen molar-refractivity contribution >= 4 is 23.2 Å². The van der Waals surface area contributed by atoms with Crippen molar-refractivity contribution in [2.75, 3.05) is 59.9 Å². The van der Waals surface area contributed by atoms with Gasteiger partial charge in [-0.1, -0.05) is 0 Å². The monoisotopic (exact) mass is 350 g/mol. The van der Waals surface area contributed by atoms with Gasteiger partial charge in [0.15, 0.2) is 0 Å². The summed E-state index contributed by atoms with van der Waals surface area (Å²) >= 11 is 13.4. The van der Waals surface area contributed by atoms with Gasteiger partial charge in [-0.3, -0.25) is 9.80 Å². The molecule has 22 heavy (non-hydrogen) atoms. The molecule has 2 rings (SSSR count). The van der Waals surface area contributed by atoms with Gasteiger partial charge >= 0.3 is 0 Å². The lowest BCUT2D eigenvalue weighted by atomic mass is 10.1. The molecule has 2 aliphatic heterocycles. The Morgan fingerprint density at radius 1 is 0.773 bits per heavy atom. The fourth-order valence-electron chi connectivity index (χ4n) is 3.58. The van der Waals surface area contributed by atoms with E-state index in [9.17, 15) is 0 Å². The second-order valence-electron chi connectivity index (χ2n) is 7.06. The number of hydrogen-bond acceptors (Lipinski definition) is 4. The van der Waals surface area contributed by atoms with Crippen molar-refractivity contribution in [2.24, 2.45) is 0 Å². The van der Waals surface area contributed by atoms with Crippen LogP contribution in [-0.4, -0.2) is 102 Å². The Balaban J connectivity index is 2.25. The zero-order valence-electron chi connectivity index (χ0n) is 14.5. The summed E-state index contributed by atoms with van der Waals surface area (Å²) in [5, 5.41) is -0.0406. The normalized spacial score (nSPS) is 43.9. The van der Waals surface area contributed by atoms with E-state index in [0.29, 0.717) is 12.1 Å². The second-order valence-corrected chi connectivity index (χ2v) is 8.07. The predicted octanol–water partition coefficient (Wildman–Crippen LogP) is 1.82. The van der Waals surface area contributed by atoms with Crippen LogP contribution in [0.15, 0.2) is 0 Å². The summed E-state index contributed by atoms with van der Waals surface area (Å²) in [6.45, 7) is 12.0. The van der Waals surface area contributed by atoms with Crippen LogP contribution in [0, 0.1) is 0 Å². The van der Waals surface area contributed by atoms with E-state index in [-0.39, 0.29) is 10.9 Å². The largest absolute Gasteiger partial charge is 0.305 e. The van der Waals surface area contributed by atoms with Crippen molar-refractivity contribution in [3.05, 3.63) is 0 Å².